The average molecular weight is 322 g/mol. The highest BCUT2D eigenvalue weighted by Gasteiger charge is 2.43. The van der Waals surface area contributed by atoms with Crippen LogP contribution in [0.2, 0.25) is 0 Å². The summed E-state index contributed by atoms with van der Waals surface area (Å²) in [4.78, 5) is 14.8. The Kier molecular flexibility index (Phi) is 4.01. The Labute approximate surface area is 133 Å². The molecule has 2 aromatic rings. The van der Waals surface area contributed by atoms with Crippen LogP contribution in [0.15, 0.2) is 6.07 Å². The number of nitrogens with zero attached hydrogens (tertiary/aromatic N) is 4. The molecule has 23 heavy (non-hydrogen) atoms. The van der Waals surface area contributed by atoms with Gasteiger partial charge in [0.1, 0.15) is 5.82 Å². The van der Waals surface area contributed by atoms with Gasteiger partial charge in [0, 0.05) is 18.8 Å². The van der Waals surface area contributed by atoms with Crippen LogP contribution in [0, 0.1) is 13.8 Å². The molecule has 1 aliphatic heterocycles. The van der Waals surface area contributed by atoms with Gasteiger partial charge in [-0.15, -0.1) is 0 Å². The van der Waals surface area contributed by atoms with Crippen molar-refractivity contribution in [2.24, 2.45) is 0 Å². The molecule has 0 bridgehead atoms. The Morgan fingerprint density at radius 2 is 2.00 bits per heavy atom. The van der Waals surface area contributed by atoms with Crippen LogP contribution in [0.25, 0.3) is 11.0 Å². The van der Waals surface area contributed by atoms with Crippen molar-refractivity contribution in [2.45, 2.75) is 26.2 Å². The van der Waals surface area contributed by atoms with E-state index in [-0.39, 0.29) is 13.1 Å². The van der Waals surface area contributed by atoms with Crippen molar-refractivity contribution in [3.05, 3.63) is 17.3 Å². The minimum Gasteiger partial charge on any atom is -0.383 e. The molecule has 124 valence electrons. The number of pyridine rings is 1. The van der Waals surface area contributed by atoms with E-state index in [1.807, 2.05) is 19.9 Å². The second kappa shape index (κ2) is 5.84. The Morgan fingerprint density at radius 1 is 1.26 bits per heavy atom. The number of anilines is 2. The van der Waals surface area contributed by atoms with E-state index in [0.29, 0.717) is 30.5 Å². The normalized spacial score (nSPS) is 17.2. The molecule has 0 atom stereocenters. The van der Waals surface area contributed by atoms with Crippen LogP contribution in [0.1, 0.15) is 17.7 Å². The Bertz CT molecular complexity index is 725. The molecule has 3 N–H and O–H groups in total. The molecule has 8 heteroatoms. The molecule has 0 aliphatic carbocycles. The predicted octanol–water partition coefficient (Wildman–Crippen LogP) is 1.98. The van der Waals surface area contributed by atoms with Gasteiger partial charge in [0.2, 0.25) is 5.95 Å². The van der Waals surface area contributed by atoms with E-state index >= 15 is 0 Å². The molecule has 6 nitrogen and oxygen atoms in total. The summed E-state index contributed by atoms with van der Waals surface area (Å²) < 4.78 is 25.4. The predicted molar refractivity (Wildman–Crippen MR) is 85.7 cm³/mol. The smallest absolute Gasteiger partial charge is 0.272 e. The molecule has 1 saturated heterocycles. The molecule has 3 heterocycles. The lowest BCUT2D eigenvalue weighted by Gasteiger charge is -2.38. The van der Waals surface area contributed by atoms with E-state index < -0.39 is 5.92 Å². The van der Waals surface area contributed by atoms with Gasteiger partial charge >= 0.3 is 0 Å². The van der Waals surface area contributed by atoms with Crippen LogP contribution < -0.4 is 11.1 Å². The van der Waals surface area contributed by atoms with Crippen molar-refractivity contribution in [1.82, 2.24) is 19.9 Å². The van der Waals surface area contributed by atoms with Gasteiger partial charge in [-0.2, -0.15) is 9.97 Å². The molecule has 1 fully saturated rings. The number of aromatic nitrogens is 3. The third-order valence-corrected chi connectivity index (χ3v) is 3.86. The van der Waals surface area contributed by atoms with Gasteiger partial charge in [-0.3, -0.25) is 4.90 Å². The fourth-order valence-electron chi connectivity index (χ4n) is 2.86. The van der Waals surface area contributed by atoms with E-state index in [1.165, 1.54) is 0 Å². The molecule has 3 rings (SSSR count). The number of hydrogen-bond acceptors (Lipinski definition) is 6. The topological polar surface area (TPSA) is 80.0 Å². The molecule has 0 spiro atoms. The molecule has 0 radical (unpaired) electrons. The lowest BCUT2D eigenvalue weighted by Crippen LogP contribution is -2.56. The maximum absolute atomic E-state index is 12.7. The van der Waals surface area contributed by atoms with Crippen LogP contribution in [0.3, 0.4) is 0 Å². The van der Waals surface area contributed by atoms with Crippen LogP contribution >= 0.6 is 0 Å². The monoisotopic (exact) mass is 322 g/mol. The quantitative estimate of drug-likeness (QED) is 0.819. The summed E-state index contributed by atoms with van der Waals surface area (Å²) in [5, 5.41) is 3.85. The van der Waals surface area contributed by atoms with Crippen LogP contribution in [0.4, 0.5) is 20.5 Å². The lowest BCUT2D eigenvalue weighted by atomic mass is 10.1. The third-order valence-electron chi connectivity index (χ3n) is 3.86. The summed E-state index contributed by atoms with van der Waals surface area (Å²) >= 11 is 0. The van der Waals surface area contributed by atoms with Crippen LogP contribution in [-0.2, 0) is 0 Å². The Balaban J connectivity index is 1.60. The van der Waals surface area contributed by atoms with Crippen molar-refractivity contribution in [2.75, 3.05) is 37.2 Å². The summed E-state index contributed by atoms with van der Waals surface area (Å²) in [6.45, 7) is 4.79. The number of nitrogen functional groups attached to an aromatic ring is 1. The van der Waals surface area contributed by atoms with Crippen molar-refractivity contribution in [1.29, 1.82) is 0 Å². The van der Waals surface area contributed by atoms with Crippen molar-refractivity contribution < 1.29 is 8.78 Å². The number of fused-ring (bicyclic) bond motifs is 1. The Hall–Kier alpha value is -2.09. The largest absolute Gasteiger partial charge is 0.383 e. The highest BCUT2D eigenvalue weighted by Crippen LogP contribution is 2.26. The van der Waals surface area contributed by atoms with Gasteiger partial charge in [-0.1, -0.05) is 0 Å². The molecule has 0 amide bonds. The minimum atomic E-state index is -2.51. The third kappa shape index (κ3) is 3.47. The van der Waals surface area contributed by atoms with Crippen molar-refractivity contribution >= 4 is 22.8 Å². The molecular formula is C15H20F2N6. The van der Waals surface area contributed by atoms with Gasteiger partial charge in [0.25, 0.3) is 5.92 Å². The van der Waals surface area contributed by atoms with E-state index in [9.17, 15) is 8.78 Å². The first-order chi connectivity index (χ1) is 10.8. The maximum Gasteiger partial charge on any atom is 0.272 e. The van der Waals surface area contributed by atoms with Gasteiger partial charge in [0.15, 0.2) is 5.65 Å². The molecular weight excluding hydrogens is 302 g/mol. The minimum absolute atomic E-state index is 0.144. The van der Waals surface area contributed by atoms with Crippen LogP contribution in [-0.4, -0.2) is 52.0 Å². The fourth-order valence-corrected chi connectivity index (χ4v) is 2.86. The zero-order chi connectivity index (χ0) is 16.6. The van der Waals surface area contributed by atoms with Gasteiger partial charge in [-0.25, -0.2) is 13.8 Å². The number of rotatable bonds is 5. The van der Waals surface area contributed by atoms with E-state index in [0.717, 1.165) is 23.1 Å². The summed E-state index contributed by atoms with van der Waals surface area (Å²) in [7, 11) is 0. The second-order valence-corrected chi connectivity index (χ2v) is 6.06. The highest BCUT2D eigenvalue weighted by molar-refractivity contribution is 5.89. The molecule has 0 unspecified atom stereocenters. The molecule has 2 aromatic heterocycles. The zero-order valence-electron chi connectivity index (χ0n) is 13.2. The summed E-state index contributed by atoms with van der Waals surface area (Å²) in [6, 6.07) is 1.94. The SMILES string of the molecule is Cc1cc(C)c2c(N)nc(NCCCN3CC(F)(F)C3)nc2n1. The molecule has 1 aliphatic rings. The van der Waals surface area contributed by atoms with E-state index in [2.05, 4.69) is 20.3 Å². The second-order valence-electron chi connectivity index (χ2n) is 6.06. The number of nitrogens with two attached hydrogens (primary N) is 1. The number of aryl methyl sites for hydroxylation is 2. The first kappa shape index (κ1) is 15.8. The first-order valence-electron chi connectivity index (χ1n) is 7.59. The highest BCUT2D eigenvalue weighted by atomic mass is 19.3. The summed E-state index contributed by atoms with van der Waals surface area (Å²) in [5.74, 6) is -1.70. The number of likely N-dealkylation sites (tertiary alicyclic amines) is 1. The number of alkyl halides is 2. The number of nitrogens with one attached hydrogen (secondary N) is 1. The fraction of sp³-hybridized carbons (Fsp3) is 0.533. The van der Waals surface area contributed by atoms with Crippen molar-refractivity contribution in [3.63, 3.8) is 0 Å². The standard InChI is InChI=1S/C15H20F2N6/c1-9-6-10(2)20-13-11(9)12(18)21-14(22-13)19-4-3-5-23-7-15(16,17)8-23/h6H,3-5,7-8H2,1-2H3,(H3,18,19,20,21,22). The maximum atomic E-state index is 12.7. The molecule has 0 aromatic carbocycles. The lowest BCUT2D eigenvalue weighted by molar-refractivity contribution is -0.130. The van der Waals surface area contributed by atoms with Gasteiger partial charge in [-0.05, 0) is 31.9 Å². The van der Waals surface area contributed by atoms with Crippen LogP contribution in [0.5, 0.6) is 0 Å². The van der Waals surface area contributed by atoms with Gasteiger partial charge < -0.3 is 11.1 Å². The van der Waals surface area contributed by atoms with Crippen molar-refractivity contribution in [3.8, 4) is 0 Å². The average Bonchev–Trinajstić information content (AvgIpc) is 2.40. The van der Waals surface area contributed by atoms with Gasteiger partial charge in [0.05, 0.1) is 18.5 Å². The first-order valence-corrected chi connectivity index (χ1v) is 7.59. The zero-order valence-corrected chi connectivity index (χ0v) is 13.2. The summed E-state index contributed by atoms with van der Waals surface area (Å²) in [6.07, 6.45) is 0.734. The van der Waals surface area contributed by atoms with E-state index in [4.69, 9.17) is 5.73 Å². The van der Waals surface area contributed by atoms with E-state index in [1.54, 1.807) is 4.90 Å². The molecule has 0 saturated carbocycles. The number of halogens is 2. The summed E-state index contributed by atoms with van der Waals surface area (Å²) in [5.41, 5.74) is 8.44. The Morgan fingerprint density at radius 3 is 2.70 bits per heavy atom. The number of hydrogen-bond donors (Lipinski definition) is 2.